The zero-order valence-corrected chi connectivity index (χ0v) is 10.4. The Morgan fingerprint density at radius 1 is 1.41 bits per heavy atom. The first-order valence-electron chi connectivity index (χ1n) is 5.67. The van der Waals surface area contributed by atoms with Crippen molar-refractivity contribution in [1.82, 2.24) is 10.2 Å². The van der Waals surface area contributed by atoms with E-state index in [0.29, 0.717) is 25.3 Å². The molecule has 0 bridgehead atoms. The lowest BCUT2D eigenvalue weighted by molar-refractivity contribution is -0.143. The highest BCUT2D eigenvalue weighted by molar-refractivity contribution is 5.85. The zero-order valence-electron chi connectivity index (χ0n) is 10.4. The molecule has 0 unspecified atom stereocenters. The molecule has 98 valence electrons. The lowest BCUT2D eigenvalue weighted by Crippen LogP contribution is -2.54. The van der Waals surface area contributed by atoms with Gasteiger partial charge >= 0.3 is 12.0 Å². The van der Waals surface area contributed by atoms with Crippen LogP contribution >= 0.6 is 0 Å². The molecule has 2 amide bonds. The third kappa shape index (κ3) is 3.59. The average Bonchev–Trinajstić information content (AvgIpc) is 2.14. The number of amides is 2. The maximum Gasteiger partial charge on any atom is 0.328 e. The quantitative estimate of drug-likeness (QED) is 0.661. The molecule has 0 aromatic rings. The van der Waals surface area contributed by atoms with Crippen LogP contribution < -0.4 is 5.32 Å². The van der Waals surface area contributed by atoms with Crippen LogP contribution in [0.1, 0.15) is 26.7 Å². The molecule has 0 atom stereocenters. The number of carbonyl (C=O) groups is 2. The van der Waals surface area contributed by atoms with Gasteiger partial charge in [-0.25, -0.2) is 9.59 Å². The highest BCUT2D eigenvalue weighted by atomic mass is 16.4. The predicted octanol–water partition coefficient (Wildman–Crippen LogP) is 0.262. The van der Waals surface area contributed by atoms with Crippen molar-refractivity contribution in [3.8, 4) is 0 Å². The molecule has 0 aromatic heterocycles. The fourth-order valence-electron chi connectivity index (χ4n) is 1.74. The minimum Gasteiger partial charge on any atom is -0.480 e. The normalized spacial score (nSPS) is 23.8. The number of aliphatic hydroxyl groups is 1. The summed E-state index contributed by atoms with van der Waals surface area (Å²) in [6.45, 7) is 3.42. The number of hydrogen-bond donors (Lipinski definition) is 3. The molecule has 0 saturated heterocycles. The number of carbonyl (C=O) groups excluding carboxylic acids is 1. The molecular weight excluding hydrogens is 224 g/mol. The average molecular weight is 244 g/mol. The fraction of sp³-hybridized carbons (Fsp3) is 0.818. The Balaban J connectivity index is 2.39. The van der Waals surface area contributed by atoms with E-state index in [2.05, 4.69) is 5.32 Å². The van der Waals surface area contributed by atoms with Crippen LogP contribution in [0.4, 0.5) is 4.79 Å². The lowest BCUT2D eigenvalue weighted by Gasteiger charge is -2.35. The van der Waals surface area contributed by atoms with E-state index in [9.17, 15) is 9.59 Å². The third-order valence-electron chi connectivity index (χ3n) is 3.04. The second kappa shape index (κ2) is 4.91. The molecule has 1 aliphatic carbocycles. The van der Waals surface area contributed by atoms with Crippen molar-refractivity contribution >= 4 is 12.0 Å². The van der Waals surface area contributed by atoms with Crippen LogP contribution in [0.2, 0.25) is 0 Å². The number of carboxylic acid groups (broad SMARTS) is 1. The number of urea groups is 1. The number of carboxylic acids is 1. The van der Waals surface area contributed by atoms with Crippen molar-refractivity contribution in [2.24, 2.45) is 5.92 Å². The molecule has 6 heteroatoms. The van der Waals surface area contributed by atoms with Crippen molar-refractivity contribution in [3.63, 3.8) is 0 Å². The number of hydrogen-bond acceptors (Lipinski definition) is 3. The topological polar surface area (TPSA) is 89.9 Å². The van der Waals surface area contributed by atoms with Crippen LogP contribution in [0, 0.1) is 5.92 Å². The van der Waals surface area contributed by atoms with Gasteiger partial charge in [0.15, 0.2) is 0 Å². The van der Waals surface area contributed by atoms with E-state index >= 15 is 0 Å². The first kappa shape index (κ1) is 13.8. The van der Waals surface area contributed by atoms with Crippen molar-refractivity contribution in [2.45, 2.75) is 38.3 Å². The molecule has 0 aliphatic heterocycles. The summed E-state index contributed by atoms with van der Waals surface area (Å²) in [6.07, 6.45) is 1.17. The molecule has 0 heterocycles. The predicted molar refractivity (Wildman–Crippen MR) is 61.6 cm³/mol. The Morgan fingerprint density at radius 3 is 2.35 bits per heavy atom. The maximum atomic E-state index is 11.7. The summed E-state index contributed by atoms with van der Waals surface area (Å²) in [5.74, 6) is -0.757. The van der Waals surface area contributed by atoms with Gasteiger partial charge in [0.05, 0.1) is 6.10 Å². The number of nitrogens with zero attached hydrogens (tertiary/aromatic N) is 1. The monoisotopic (exact) mass is 244 g/mol. The van der Waals surface area contributed by atoms with E-state index < -0.39 is 17.5 Å². The van der Waals surface area contributed by atoms with E-state index in [0.717, 1.165) is 0 Å². The van der Waals surface area contributed by atoms with Gasteiger partial charge in [-0.2, -0.15) is 0 Å². The summed E-state index contributed by atoms with van der Waals surface area (Å²) in [7, 11) is 1.62. The Labute approximate surface area is 101 Å². The molecule has 1 aliphatic rings. The van der Waals surface area contributed by atoms with Gasteiger partial charge in [0.25, 0.3) is 0 Å². The summed E-state index contributed by atoms with van der Waals surface area (Å²) < 4.78 is 0. The maximum absolute atomic E-state index is 11.7. The Morgan fingerprint density at radius 2 is 1.94 bits per heavy atom. The van der Waals surface area contributed by atoms with E-state index in [1.165, 1.54) is 18.7 Å². The standard InChI is InChI=1S/C11H20N2O4/c1-11(2,9(15)16)12-10(17)13(3)6-7-4-8(14)5-7/h7-8,14H,4-6H2,1-3H3,(H,12,17)(H,15,16). The van der Waals surface area contributed by atoms with E-state index in [-0.39, 0.29) is 6.10 Å². The van der Waals surface area contributed by atoms with E-state index in [1.807, 2.05) is 0 Å². The van der Waals surface area contributed by atoms with Crippen molar-refractivity contribution in [2.75, 3.05) is 13.6 Å². The summed E-state index contributed by atoms with van der Waals surface area (Å²) >= 11 is 0. The number of aliphatic carboxylic acids is 1. The van der Waals surface area contributed by atoms with Gasteiger partial charge in [0, 0.05) is 13.6 Å². The van der Waals surface area contributed by atoms with Gasteiger partial charge < -0.3 is 20.4 Å². The number of aliphatic hydroxyl groups excluding tert-OH is 1. The SMILES string of the molecule is CN(CC1CC(O)C1)C(=O)NC(C)(C)C(=O)O. The summed E-state index contributed by atoms with van der Waals surface area (Å²) in [6, 6.07) is -0.404. The van der Waals surface area contributed by atoms with E-state index in [4.69, 9.17) is 10.2 Å². The lowest BCUT2D eigenvalue weighted by atomic mass is 9.82. The highest BCUT2D eigenvalue weighted by Gasteiger charge is 2.32. The van der Waals surface area contributed by atoms with Gasteiger partial charge in [0.2, 0.25) is 0 Å². The molecule has 17 heavy (non-hydrogen) atoms. The largest absolute Gasteiger partial charge is 0.480 e. The molecule has 1 saturated carbocycles. The van der Waals surface area contributed by atoms with Crippen LogP contribution in [-0.2, 0) is 4.79 Å². The van der Waals surface area contributed by atoms with Gasteiger partial charge in [-0.3, -0.25) is 0 Å². The molecule has 0 aromatic carbocycles. The second-order valence-corrected chi connectivity index (χ2v) is 5.23. The third-order valence-corrected chi connectivity index (χ3v) is 3.04. The highest BCUT2D eigenvalue weighted by Crippen LogP contribution is 2.27. The van der Waals surface area contributed by atoms with Gasteiger partial charge in [-0.15, -0.1) is 0 Å². The first-order chi connectivity index (χ1) is 7.72. The van der Waals surface area contributed by atoms with Crippen LogP contribution in [-0.4, -0.2) is 52.3 Å². The molecular formula is C11H20N2O4. The fourth-order valence-corrected chi connectivity index (χ4v) is 1.74. The second-order valence-electron chi connectivity index (χ2n) is 5.23. The molecule has 0 radical (unpaired) electrons. The summed E-state index contributed by atoms with van der Waals surface area (Å²) in [4.78, 5) is 24.0. The molecule has 1 fully saturated rings. The van der Waals surface area contributed by atoms with Crippen LogP contribution in [0.5, 0.6) is 0 Å². The summed E-state index contributed by atoms with van der Waals surface area (Å²) in [5.41, 5.74) is -1.27. The van der Waals surface area contributed by atoms with Crippen LogP contribution in [0.3, 0.4) is 0 Å². The Hall–Kier alpha value is -1.30. The molecule has 3 N–H and O–H groups in total. The zero-order chi connectivity index (χ0) is 13.2. The molecule has 1 rings (SSSR count). The van der Waals surface area contributed by atoms with Gasteiger partial charge in [-0.1, -0.05) is 0 Å². The first-order valence-corrected chi connectivity index (χ1v) is 5.67. The molecule has 0 spiro atoms. The van der Waals surface area contributed by atoms with Crippen LogP contribution in [0.25, 0.3) is 0 Å². The number of rotatable bonds is 4. The minimum absolute atomic E-state index is 0.244. The minimum atomic E-state index is -1.27. The smallest absolute Gasteiger partial charge is 0.328 e. The summed E-state index contributed by atoms with van der Waals surface area (Å²) in [5, 5.41) is 20.5. The Bertz CT molecular complexity index is 311. The molecule has 6 nitrogen and oxygen atoms in total. The van der Waals surface area contributed by atoms with Crippen molar-refractivity contribution in [3.05, 3.63) is 0 Å². The number of nitrogens with one attached hydrogen (secondary N) is 1. The van der Waals surface area contributed by atoms with Gasteiger partial charge in [-0.05, 0) is 32.6 Å². The van der Waals surface area contributed by atoms with Crippen molar-refractivity contribution < 1.29 is 19.8 Å². The van der Waals surface area contributed by atoms with Gasteiger partial charge in [0.1, 0.15) is 5.54 Å². The van der Waals surface area contributed by atoms with Crippen LogP contribution in [0.15, 0.2) is 0 Å². The van der Waals surface area contributed by atoms with E-state index in [1.54, 1.807) is 7.05 Å². The Kier molecular flexibility index (Phi) is 3.98. The van der Waals surface area contributed by atoms with Crippen molar-refractivity contribution in [1.29, 1.82) is 0 Å².